The fraction of sp³-hybridized carbons (Fsp3) is 0.143. The molecule has 154 valence electrons. The lowest BCUT2D eigenvalue weighted by Crippen LogP contribution is -2.21. The largest absolute Gasteiger partial charge is 0.497 e. The number of carbonyl (C=O) groups is 2. The summed E-state index contributed by atoms with van der Waals surface area (Å²) in [4.78, 5) is 27.1. The number of carbonyl (C=O) groups excluding carboxylic acids is 2. The third-order valence-corrected chi connectivity index (χ3v) is 4.00. The van der Waals surface area contributed by atoms with E-state index in [1.807, 2.05) is 24.3 Å². The number of primary amides is 1. The Bertz CT molecular complexity index is 1030. The predicted molar refractivity (Wildman–Crippen MR) is 110 cm³/mol. The number of rotatable bonds is 9. The normalized spacial score (nSPS) is 10.7. The number of hydrogen-bond acceptors (Lipinski definition) is 6. The highest BCUT2D eigenvalue weighted by atomic mass is 16.5. The lowest BCUT2D eigenvalue weighted by molar-refractivity contribution is -0.120. The molecule has 0 fully saturated rings. The van der Waals surface area contributed by atoms with E-state index in [9.17, 15) is 9.59 Å². The summed E-state index contributed by atoms with van der Waals surface area (Å²) in [6.45, 7) is 0.0334. The molecule has 4 N–H and O–H groups in total. The Morgan fingerprint density at radius 1 is 1.10 bits per heavy atom. The minimum absolute atomic E-state index is 0.181. The number of nitrogens with two attached hydrogens (primary N) is 1. The summed E-state index contributed by atoms with van der Waals surface area (Å²) in [7, 11) is 1.60. The second-order valence-corrected chi connectivity index (χ2v) is 6.21. The van der Waals surface area contributed by atoms with Gasteiger partial charge in [-0.3, -0.25) is 14.7 Å². The summed E-state index contributed by atoms with van der Waals surface area (Å²) in [5.74, 6) is 1.54. The molecule has 0 aliphatic rings. The van der Waals surface area contributed by atoms with Crippen LogP contribution in [-0.4, -0.2) is 40.7 Å². The standard InChI is InChI=1S/C21H21N5O4/c1-29-16-9-5-15(6-10-16)21-24-19(25-26-21)12-23-20(28)11-4-14-2-7-17(8-3-14)30-13-18(22)27/h2-11H,12-13H2,1H3,(H2,22,27)(H,23,28)(H,24,25,26)/b11-4+. The van der Waals surface area contributed by atoms with Crippen molar-refractivity contribution in [1.82, 2.24) is 20.5 Å². The van der Waals surface area contributed by atoms with E-state index < -0.39 is 5.91 Å². The van der Waals surface area contributed by atoms with E-state index in [0.717, 1.165) is 16.9 Å². The van der Waals surface area contributed by atoms with Crippen LogP contribution in [0.4, 0.5) is 0 Å². The van der Waals surface area contributed by atoms with Crippen molar-refractivity contribution < 1.29 is 19.1 Å². The predicted octanol–water partition coefficient (Wildman–Crippen LogP) is 1.67. The maximum atomic E-state index is 12.0. The van der Waals surface area contributed by atoms with E-state index >= 15 is 0 Å². The molecule has 0 atom stereocenters. The topological polar surface area (TPSA) is 132 Å². The molecule has 9 nitrogen and oxygen atoms in total. The van der Waals surface area contributed by atoms with Crippen molar-refractivity contribution in [3.63, 3.8) is 0 Å². The Kier molecular flexibility index (Phi) is 6.78. The number of nitrogens with one attached hydrogen (secondary N) is 2. The van der Waals surface area contributed by atoms with Crippen molar-refractivity contribution in [2.75, 3.05) is 13.7 Å². The molecule has 0 aliphatic heterocycles. The smallest absolute Gasteiger partial charge is 0.255 e. The highest BCUT2D eigenvalue weighted by Crippen LogP contribution is 2.19. The number of amides is 2. The molecular weight excluding hydrogens is 386 g/mol. The van der Waals surface area contributed by atoms with Gasteiger partial charge in [0.05, 0.1) is 13.7 Å². The third kappa shape index (κ3) is 5.93. The van der Waals surface area contributed by atoms with Gasteiger partial charge in [0.2, 0.25) is 5.91 Å². The highest BCUT2D eigenvalue weighted by Gasteiger charge is 2.07. The van der Waals surface area contributed by atoms with Crippen LogP contribution in [0, 0.1) is 0 Å². The second-order valence-electron chi connectivity index (χ2n) is 6.21. The summed E-state index contributed by atoms with van der Waals surface area (Å²) in [5, 5.41) is 9.71. The lowest BCUT2D eigenvalue weighted by Gasteiger charge is -2.03. The first-order valence-corrected chi connectivity index (χ1v) is 9.06. The van der Waals surface area contributed by atoms with Gasteiger partial charge in [-0.1, -0.05) is 12.1 Å². The zero-order valence-electron chi connectivity index (χ0n) is 16.3. The maximum Gasteiger partial charge on any atom is 0.255 e. The summed E-state index contributed by atoms with van der Waals surface area (Å²) in [6, 6.07) is 14.3. The Morgan fingerprint density at radius 3 is 2.47 bits per heavy atom. The van der Waals surface area contributed by atoms with Crippen LogP contribution in [0.15, 0.2) is 54.6 Å². The minimum Gasteiger partial charge on any atom is -0.497 e. The van der Waals surface area contributed by atoms with Crippen LogP contribution in [0.1, 0.15) is 11.4 Å². The maximum absolute atomic E-state index is 12.0. The molecule has 0 spiro atoms. The van der Waals surface area contributed by atoms with E-state index in [1.165, 1.54) is 6.08 Å². The van der Waals surface area contributed by atoms with Gasteiger partial charge in [0.1, 0.15) is 17.3 Å². The molecule has 2 amide bonds. The monoisotopic (exact) mass is 407 g/mol. The molecule has 3 rings (SSSR count). The molecule has 0 unspecified atom stereocenters. The summed E-state index contributed by atoms with van der Waals surface area (Å²) in [6.07, 6.45) is 3.08. The van der Waals surface area contributed by atoms with Crippen LogP contribution in [0.3, 0.4) is 0 Å². The summed E-state index contributed by atoms with van der Waals surface area (Å²) in [5.41, 5.74) is 6.67. The molecular formula is C21H21N5O4. The zero-order chi connectivity index (χ0) is 21.3. The van der Waals surface area contributed by atoms with Gasteiger partial charge in [0.15, 0.2) is 12.4 Å². The van der Waals surface area contributed by atoms with Crippen molar-refractivity contribution in [1.29, 1.82) is 0 Å². The molecule has 0 saturated heterocycles. The van der Waals surface area contributed by atoms with Crippen molar-refractivity contribution in [3.05, 3.63) is 66.0 Å². The van der Waals surface area contributed by atoms with Crippen molar-refractivity contribution in [3.8, 4) is 22.9 Å². The van der Waals surface area contributed by atoms with E-state index in [0.29, 0.717) is 17.4 Å². The number of nitrogens with zero attached hydrogens (tertiary/aromatic N) is 2. The van der Waals surface area contributed by atoms with Crippen LogP contribution < -0.4 is 20.5 Å². The first-order chi connectivity index (χ1) is 14.5. The number of aromatic amines is 1. The lowest BCUT2D eigenvalue weighted by atomic mass is 10.2. The average Bonchev–Trinajstić information content (AvgIpc) is 3.24. The Morgan fingerprint density at radius 2 is 1.80 bits per heavy atom. The number of benzene rings is 2. The van der Waals surface area contributed by atoms with Gasteiger partial charge in [0.25, 0.3) is 5.91 Å². The molecule has 0 saturated carbocycles. The Labute approximate surface area is 172 Å². The average molecular weight is 407 g/mol. The van der Waals surface area contributed by atoms with Crippen LogP contribution in [0.25, 0.3) is 17.5 Å². The van der Waals surface area contributed by atoms with Gasteiger partial charge >= 0.3 is 0 Å². The van der Waals surface area contributed by atoms with E-state index in [1.54, 1.807) is 37.5 Å². The first-order valence-electron chi connectivity index (χ1n) is 9.06. The van der Waals surface area contributed by atoms with Crippen LogP contribution in [0.5, 0.6) is 11.5 Å². The fourth-order valence-corrected chi connectivity index (χ4v) is 2.47. The van der Waals surface area contributed by atoms with Crippen molar-refractivity contribution in [2.24, 2.45) is 5.73 Å². The third-order valence-electron chi connectivity index (χ3n) is 4.00. The number of ether oxygens (including phenoxy) is 2. The van der Waals surface area contributed by atoms with Gasteiger partial charge in [0, 0.05) is 11.6 Å². The van der Waals surface area contributed by atoms with Gasteiger partial charge in [-0.05, 0) is 48.0 Å². The van der Waals surface area contributed by atoms with Crippen LogP contribution in [0.2, 0.25) is 0 Å². The van der Waals surface area contributed by atoms with Crippen LogP contribution in [-0.2, 0) is 16.1 Å². The number of methoxy groups -OCH3 is 1. The summed E-state index contributed by atoms with van der Waals surface area (Å²) >= 11 is 0. The second kappa shape index (κ2) is 9.87. The van der Waals surface area contributed by atoms with Gasteiger partial charge < -0.3 is 20.5 Å². The fourth-order valence-electron chi connectivity index (χ4n) is 2.47. The van der Waals surface area contributed by atoms with Gasteiger partial charge in [-0.15, -0.1) is 0 Å². The molecule has 0 aliphatic carbocycles. The first kappa shape index (κ1) is 20.6. The van der Waals surface area contributed by atoms with Gasteiger partial charge in [-0.2, -0.15) is 5.10 Å². The molecule has 1 heterocycles. The quantitative estimate of drug-likeness (QED) is 0.462. The number of aromatic nitrogens is 3. The molecule has 1 aromatic heterocycles. The summed E-state index contributed by atoms with van der Waals surface area (Å²) < 4.78 is 10.3. The molecule has 9 heteroatoms. The van der Waals surface area contributed by atoms with Crippen LogP contribution >= 0.6 is 0 Å². The van der Waals surface area contributed by atoms with Crippen molar-refractivity contribution in [2.45, 2.75) is 6.54 Å². The van der Waals surface area contributed by atoms with E-state index in [-0.39, 0.29) is 19.1 Å². The molecule has 0 radical (unpaired) electrons. The molecule has 2 aromatic carbocycles. The number of H-pyrrole nitrogens is 1. The SMILES string of the molecule is COc1ccc(-c2n[nH]c(CNC(=O)/C=C/c3ccc(OCC(N)=O)cc3)n2)cc1. The Hall–Kier alpha value is -4.14. The minimum atomic E-state index is -0.543. The van der Waals surface area contributed by atoms with E-state index in [4.69, 9.17) is 15.2 Å². The molecule has 0 bridgehead atoms. The highest BCUT2D eigenvalue weighted by molar-refractivity contribution is 5.91. The number of hydrogen-bond donors (Lipinski definition) is 3. The molecule has 3 aromatic rings. The van der Waals surface area contributed by atoms with Crippen molar-refractivity contribution >= 4 is 17.9 Å². The van der Waals surface area contributed by atoms with Gasteiger partial charge in [-0.25, -0.2) is 4.98 Å². The van der Waals surface area contributed by atoms with E-state index in [2.05, 4.69) is 20.5 Å². The Balaban J connectivity index is 1.49. The zero-order valence-corrected chi connectivity index (χ0v) is 16.3. The molecule has 30 heavy (non-hydrogen) atoms.